The van der Waals surface area contributed by atoms with Crippen LogP contribution >= 0.6 is 11.6 Å². The van der Waals surface area contributed by atoms with Crippen LogP contribution in [0.4, 0.5) is 11.4 Å². The van der Waals surface area contributed by atoms with Gasteiger partial charge in [0.1, 0.15) is 11.5 Å². The number of halogens is 1. The van der Waals surface area contributed by atoms with Crippen molar-refractivity contribution in [2.75, 3.05) is 11.9 Å². The van der Waals surface area contributed by atoms with Crippen LogP contribution in [0.25, 0.3) is 0 Å². The van der Waals surface area contributed by atoms with E-state index in [1.165, 1.54) is 0 Å². The number of nitro benzene ring substituents is 1. The largest absolute Gasteiger partial charge is 0.506 e. The van der Waals surface area contributed by atoms with Crippen LogP contribution < -0.4 is 10.1 Å². The number of benzene rings is 2. The van der Waals surface area contributed by atoms with Gasteiger partial charge in [-0.15, -0.1) is 0 Å². The first-order valence-electron chi connectivity index (χ1n) is 6.53. The Balaban J connectivity index is 2.00. The molecule has 120 valence electrons. The fourth-order valence-electron chi connectivity index (χ4n) is 1.78. The molecule has 23 heavy (non-hydrogen) atoms. The number of carbonyl (C=O) groups excluding carboxylic acids is 1. The number of nitrogens with one attached hydrogen (secondary N) is 1. The molecule has 2 rings (SSSR count). The maximum absolute atomic E-state index is 11.8. The summed E-state index contributed by atoms with van der Waals surface area (Å²) in [7, 11) is 0. The third kappa shape index (κ3) is 4.33. The molecule has 0 aliphatic rings. The van der Waals surface area contributed by atoms with Crippen molar-refractivity contribution in [3.8, 4) is 11.5 Å². The van der Waals surface area contributed by atoms with Crippen molar-refractivity contribution in [1.29, 1.82) is 0 Å². The van der Waals surface area contributed by atoms with Gasteiger partial charge in [0.15, 0.2) is 6.61 Å². The number of nitrogens with zero attached hydrogens (tertiary/aromatic N) is 1. The van der Waals surface area contributed by atoms with E-state index in [4.69, 9.17) is 16.3 Å². The molecule has 2 aromatic rings. The molecule has 7 nitrogen and oxygen atoms in total. The SMILES string of the molecule is Cc1cc(OCC(=O)Nc2cc([N+](=O)[O-])ccc2O)ccc1Cl. The number of nitro groups is 1. The summed E-state index contributed by atoms with van der Waals surface area (Å²) in [4.78, 5) is 21.9. The summed E-state index contributed by atoms with van der Waals surface area (Å²) >= 11 is 5.89. The summed E-state index contributed by atoms with van der Waals surface area (Å²) in [6.45, 7) is 1.49. The summed E-state index contributed by atoms with van der Waals surface area (Å²) in [6, 6.07) is 8.29. The molecule has 0 heterocycles. The second-order valence-corrected chi connectivity index (χ2v) is 5.11. The third-order valence-corrected chi connectivity index (χ3v) is 3.39. The molecule has 0 saturated carbocycles. The lowest BCUT2D eigenvalue weighted by molar-refractivity contribution is -0.384. The van der Waals surface area contributed by atoms with Crippen molar-refractivity contribution in [2.45, 2.75) is 6.92 Å². The highest BCUT2D eigenvalue weighted by molar-refractivity contribution is 6.31. The summed E-state index contributed by atoms with van der Waals surface area (Å²) < 4.78 is 5.31. The number of hydrogen-bond acceptors (Lipinski definition) is 5. The third-order valence-electron chi connectivity index (χ3n) is 2.96. The maximum atomic E-state index is 11.8. The van der Waals surface area contributed by atoms with E-state index >= 15 is 0 Å². The van der Waals surface area contributed by atoms with Crippen molar-refractivity contribution in [3.05, 3.63) is 57.1 Å². The Hall–Kier alpha value is -2.80. The van der Waals surface area contributed by atoms with Crippen LogP contribution in [-0.4, -0.2) is 22.5 Å². The van der Waals surface area contributed by atoms with Crippen LogP contribution in [0.3, 0.4) is 0 Å². The highest BCUT2D eigenvalue weighted by Gasteiger charge is 2.13. The number of non-ortho nitro benzene ring substituents is 1. The van der Waals surface area contributed by atoms with Gasteiger partial charge < -0.3 is 15.2 Å². The van der Waals surface area contributed by atoms with Gasteiger partial charge in [0, 0.05) is 17.2 Å². The zero-order valence-corrected chi connectivity index (χ0v) is 12.8. The van der Waals surface area contributed by atoms with Gasteiger partial charge in [0.2, 0.25) is 0 Å². The fourth-order valence-corrected chi connectivity index (χ4v) is 1.90. The average Bonchev–Trinajstić information content (AvgIpc) is 2.50. The van der Waals surface area contributed by atoms with Crippen molar-refractivity contribution >= 4 is 28.9 Å². The van der Waals surface area contributed by atoms with E-state index in [9.17, 15) is 20.0 Å². The van der Waals surface area contributed by atoms with E-state index in [-0.39, 0.29) is 23.7 Å². The smallest absolute Gasteiger partial charge is 0.271 e. The Morgan fingerprint density at radius 2 is 2.09 bits per heavy atom. The quantitative estimate of drug-likeness (QED) is 0.495. The Kier molecular flexibility index (Phi) is 5.02. The van der Waals surface area contributed by atoms with Crippen LogP contribution in [0, 0.1) is 17.0 Å². The molecule has 0 bridgehead atoms. The number of phenols is 1. The predicted molar refractivity (Wildman–Crippen MR) is 85.1 cm³/mol. The fraction of sp³-hybridized carbons (Fsp3) is 0.133. The van der Waals surface area contributed by atoms with E-state index in [0.717, 1.165) is 23.8 Å². The molecule has 0 radical (unpaired) electrons. The van der Waals surface area contributed by atoms with Crippen molar-refractivity contribution in [3.63, 3.8) is 0 Å². The molecule has 0 aromatic heterocycles. The standard InChI is InChI=1S/C15H13ClN2O5/c1-9-6-11(3-4-12(9)16)23-8-15(20)17-13-7-10(18(21)22)2-5-14(13)19/h2-7,19H,8H2,1H3,(H,17,20). The minimum atomic E-state index is -0.623. The first-order chi connectivity index (χ1) is 10.9. The van der Waals surface area contributed by atoms with Crippen molar-refractivity contribution < 1.29 is 19.6 Å². The molecule has 0 aliphatic heterocycles. The molecular formula is C15H13ClN2O5. The number of amides is 1. The summed E-state index contributed by atoms with van der Waals surface area (Å²) in [5.41, 5.74) is 0.508. The molecular weight excluding hydrogens is 324 g/mol. The Morgan fingerprint density at radius 1 is 1.35 bits per heavy atom. The minimum absolute atomic E-state index is 0.0555. The lowest BCUT2D eigenvalue weighted by Crippen LogP contribution is -2.20. The molecule has 2 N–H and O–H groups in total. The van der Waals surface area contributed by atoms with Gasteiger partial charge in [-0.2, -0.15) is 0 Å². The van der Waals surface area contributed by atoms with Gasteiger partial charge in [-0.1, -0.05) is 11.6 Å². The van der Waals surface area contributed by atoms with Crippen LogP contribution in [0.1, 0.15) is 5.56 Å². The van der Waals surface area contributed by atoms with Gasteiger partial charge in [0.25, 0.3) is 11.6 Å². The van der Waals surface area contributed by atoms with E-state index in [0.29, 0.717) is 10.8 Å². The zero-order chi connectivity index (χ0) is 17.0. The average molecular weight is 337 g/mol. The molecule has 0 unspecified atom stereocenters. The highest BCUT2D eigenvalue weighted by atomic mass is 35.5. The molecule has 0 fully saturated rings. The Morgan fingerprint density at radius 3 is 2.74 bits per heavy atom. The van der Waals surface area contributed by atoms with Gasteiger partial charge >= 0.3 is 0 Å². The van der Waals surface area contributed by atoms with Crippen LogP contribution in [0.15, 0.2) is 36.4 Å². The topological polar surface area (TPSA) is 102 Å². The van der Waals surface area contributed by atoms with Gasteiger partial charge in [-0.05, 0) is 36.8 Å². The monoisotopic (exact) mass is 336 g/mol. The Bertz CT molecular complexity index is 764. The molecule has 0 aliphatic carbocycles. The summed E-state index contributed by atoms with van der Waals surface area (Å²) in [5.74, 6) is -0.370. The number of carbonyl (C=O) groups is 1. The first kappa shape index (κ1) is 16.6. The number of phenolic OH excluding ortho intramolecular Hbond substituents is 1. The zero-order valence-electron chi connectivity index (χ0n) is 12.1. The first-order valence-corrected chi connectivity index (χ1v) is 6.91. The number of aryl methyl sites for hydroxylation is 1. The van der Waals surface area contributed by atoms with E-state index in [1.54, 1.807) is 25.1 Å². The molecule has 1 amide bonds. The number of hydrogen-bond donors (Lipinski definition) is 2. The number of anilines is 1. The van der Waals surface area contributed by atoms with Crippen LogP contribution in [0.2, 0.25) is 5.02 Å². The van der Waals surface area contributed by atoms with Crippen molar-refractivity contribution in [2.24, 2.45) is 0 Å². The van der Waals surface area contributed by atoms with Gasteiger partial charge in [-0.25, -0.2) is 0 Å². The predicted octanol–water partition coefficient (Wildman–Crippen LogP) is 3.28. The lowest BCUT2D eigenvalue weighted by Gasteiger charge is -2.09. The molecule has 0 saturated heterocycles. The van der Waals surface area contributed by atoms with Crippen LogP contribution in [0.5, 0.6) is 11.5 Å². The van der Waals surface area contributed by atoms with Gasteiger partial charge in [0.05, 0.1) is 10.6 Å². The molecule has 0 atom stereocenters. The van der Waals surface area contributed by atoms with Crippen LogP contribution in [-0.2, 0) is 4.79 Å². The highest BCUT2D eigenvalue weighted by Crippen LogP contribution is 2.27. The number of ether oxygens (including phenoxy) is 1. The summed E-state index contributed by atoms with van der Waals surface area (Å²) in [6.07, 6.45) is 0. The lowest BCUT2D eigenvalue weighted by atomic mass is 10.2. The van der Waals surface area contributed by atoms with Crippen molar-refractivity contribution in [1.82, 2.24) is 0 Å². The van der Waals surface area contributed by atoms with E-state index < -0.39 is 10.8 Å². The molecule has 0 spiro atoms. The van der Waals surface area contributed by atoms with Gasteiger partial charge in [-0.3, -0.25) is 14.9 Å². The summed E-state index contributed by atoms with van der Waals surface area (Å²) in [5, 5.41) is 23.3. The molecule has 2 aromatic carbocycles. The van der Waals surface area contributed by atoms with E-state index in [1.807, 2.05) is 0 Å². The second-order valence-electron chi connectivity index (χ2n) is 4.71. The minimum Gasteiger partial charge on any atom is -0.506 e. The number of rotatable bonds is 5. The number of aromatic hydroxyl groups is 1. The molecule has 8 heteroatoms. The Labute approximate surface area is 136 Å². The maximum Gasteiger partial charge on any atom is 0.271 e. The normalized spacial score (nSPS) is 10.2. The second kappa shape index (κ2) is 6.97. The van der Waals surface area contributed by atoms with E-state index in [2.05, 4.69) is 5.32 Å².